The fraction of sp³-hybridized carbons (Fsp3) is 0.444. The van der Waals surface area contributed by atoms with Crippen molar-refractivity contribution in [1.82, 2.24) is 0 Å². The molecule has 0 fully saturated rings. The normalized spacial score (nSPS) is 9.28. The van der Waals surface area contributed by atoms with Gasteiger partial charge in [0, 0.05) is 0 Å². The van der Waals surface area contributed by atoms with Crippen molar-refractivity contribution >= 4 is 42.4 Å². The summed E-state index contributed by atoms with van der Waals surface area (Å²) in [5.74, 6) is 0. The van der Waals surface area contributed by atoms with E-state index in [0.29, 0.717) is 6.32 Å². The Kier molecular flexibility index (Phi) is 15.4. The lowest BCUT2D eigenvalue weighted by molar-refractivity contribution is 0.111. The van der Waals surface area contributed by atoms with Gasteiger partial charge in [0.05, 0.1) is 9.75 Å². The number of thiophene rings is 2. The van der Waals surface area contributed by atoms with E-state index in [4.69, 9.17) is 10.0 Å². The minimum atomic E-state index is -1.10. The molecular formula is C18H27BO4S2. The lowest BCUT2D eigenvalue weighted by Gasteiger charge is -1.91. The smallest absolute Gasteiger partial charge is 0.427 e. The molecule has 0 saturated heterocycles. The molecule has 0 amide bonds. The van der Waals surface area contributed by atoms with Crippen LogP contribution in [0.2, 0.25) is 6.32 Å². The third-order valence-corrected chi connectivity index (χ3v) is 4.79. The van der Waals surface area contributed by atoms with Crippen LogP contribution < -0.4 is 0 Å². The summed E-state index contributed by atoms with van der Waals surface area (Å²) in [5, 5.41) is 20.4. The van der Waals surface area contributed by atoms with Crippen LogP contribution in [-0.2, 0) is 6.42 Å². The Morgan fingerprint density at radius 3 is 2.08 bits per heavy atom. The number of aryl methyl sites for hydroxylation is 1. The molecule has 2 N–H and O–H groups in total. The fourth-order valence-electron chi connectivity index (χ4n) is 1.71. The first-order valence-electron chi connectivity index (χ1n) is 8.44. The van der Waals surface area contributed by atoms with Crippen molar-refractivity contribution in [3.8, 4) is 0 Å². The van der Waals surface area contributed by atoms with Crippen molar-refractivity contribution < 1.29 is 19.6 Å². The fourth-order valence-corrected chi connectivity index (χ4v) is 2.99. The average molecular weight is 382 g/mol. The van der Waals surface area contributed by atoms with Gasteiger partial charge >= 0.3 is 7.12 Å². The third-order valence-electron chi connectivity index (χ3n) is 3.08. The summed E-state index contributed by atoms with van der Waals surface area (Å²) in [5.41, 5.74) is 1.30. The van der Waals surface area contributed by atoms with Crippen LogP contribution >= 0.6 is 22.7 Å². The number of unbranched alkanes of at least 4 members (excludes halogenated alkanes) is 2. The quantitative estimate of drug-likeness (QED) is 0.512. The summed E-state index contributed by atoms with van der Waals surface area (Å²) in [6, 6.07) is 5.62. The van der Waals surface area contributed by atoms with E-state index in [1.165, 1.54) is 41.1 Å². The Labute approximate surface area is 158 Å². The lowest BCUT2D eigenvalue weighted by atomic mass is 9.84. The van der Waals surface area contributed by atoms with Crippen molar-refractivity contribution in [2.75, 3.05) is 0 Å². The van der Waals surface area contributed by atoms with Gasteiger partial charge in [-0.05, 0) is 47.6 Å². The second-order valence-electron chi connectivity index (χ2n) is 5.33. The maximum absolute atomic E-state index is 10.3. The molecule has 4 nitrogen and oxygen atoms in total. The number of rotatable bonds is 8. The Balaban J connectivity index is 0.000000362. The van der Waals surface area contributed by atoms with E-state index in [9.17, 15) is 9.59 Å². The summed E-state index contributed by atoms with van der Waals surface area (Å²) in [4.78, 5) is 21.8. The third kappa shape index (κ3) is 13.7. The van der Waals surface area contributed by atoms with E-state index in [-0.39, 0.29) is 0 Å². The zero-order valence-corrected chi connectivity index (χ0v) is 16.5. The number of hydrogen-bond donors (Lipinski definition) is 2. The molecule has 2 heterocycles. The minimum absolute atomic E-state index is 0.510. The maximum Gasteiger partial charge on any atom is 0.451 e. The predicted octanol–water partition coefficient (Wildman–Crippen LogP) is 4.72. The van der Waals surface area contributed by atoms with Crippen LogP contribution in [0.1, 0.15) is 64.4 Å². The zero-order chi connectivity index (χ0) is 18.9. The molecule has 0 aromatic carbocycles. The monoisotopic (exact) mass is 382 g/mol. The van der Waals surface area contributed by atoms with E-state index in [2.05, 4.69) is 12.3 Å². The van der Waals surface area contributed by atoms with Gasteiger partial charge in [0.1, 0.15) is 0 Å². The molecule has 25 heavy (non-hydrogen) atoms. The highest BCUT2D eigenvalue weighted by Crippen LogP contribution is 2.14. The van der Waals surface area contributed by atoms with Gasteiger partial charge in [-0.15, -0.1) is 22.7 Å². The number of carbonyl (C=O) groups is 2. The highest BCUT2D eigenvalue weighted by Gasteiger charge is 2.02. The molecule has 0 unspecified atom stereocenters. The Bertz CT molecular complexity index is 553. The zero-order valence-electron chi connectivity index (χ0n) is 14.9. The van der Waals surface area contributed by atoms with Gasteiger partial charge in [0.2, 0.25) is 0 Å². The molecule has 0 atom stereocenters. The summed E-state index contributed by atoms with van der Waals surface area (Å²) in [6.45, 7) is 4.19. The van der Waals surface area contributed by atoms with Crippen LogP contribution in [0.25, 0.3) is 0 Å². The topological polar surface area (TPSA) is 74.6 Å². The largest absolute Gasteiger partial charge is 0.451 e. The SMILES string of the molecule is CCCCB(O)O.CCCCc1csc(C=O)c1.O=Cc1cccs1. The van der Waals surface area contributed by atoms with Crippen molar-refractivity contribution in [3.05, 3.63) is 44.3 Å². The van der Waals surface area contributed by atoms with Crippen molar-refractivity contribution in [2.24, 2.45) is 0 Å². The van der Waals surface area contributed by atoms with Gasteiger partial charge in [-0.2, -0.15) is 0 Å². The molecule has 0 bridgehead atoms. The van der Waals surface area contributed by atoms with Crippen LogP contribution in [-0.4, -0.2) is 29.7 Å². The summed E-state index contributed by atoms with van der Waals surface area (Å²) in [7, 11) is -1.10. The average Bonchev–Trinajstić information content (AvgIpc) is 3.30. The predicted molar refractivity (Wildman–Crippen MR) is 108 cm³/mol. The number of hydrogen-bond acceptors (Lipinski definition) is 6. The van der Waals surface area contributed by atoms with E-state index < -0.39 is 7.12 Å². The Morgan fingerprint density at radius 2 is 1.72 bits per heavy atom. The molecule has 0 saturated carbocycles. The molecule has 0 aliphatic carbocycles. The van der Waals surface area contributed by atoms with Crippen LogP contribution in [0.15, 0.2) is 29.0 Å². The lowest BCUT2D eigenvalue weighted by Crippen LogP contribution is -2.08. The highest BCUT2D eigenvalue weighted by molar-refractivity contribution is 7.12. The number of aldehydes is 2. The van der Waals surface area contributed by atoms with Crippen LogP contribution in [0.3, 0.4) is 0 Å². The van der Waals surface area contributed by atoms with E-state index in [0.717, 1.165) is 41.6 Å². The molecule has 2 aromatic rings. The molecule has 0 radical (unpaired) electrons. The first kappa shape index (κ1) is 23.7. The van der Waals surface area contributed by atoms with Crippen molar-refractivity contribution in [3.63, 3.8) is 0 Å². The van der Waals surface area contributed by atoms with Gasteiger partial charge < -0.3 is 10.0 Å². The number of carbonyl (C=O) groups excluding carboxylic acids is 2. The summed E-state index contributed by atoms with van der Waals surface area (Å²) >= 11 is 2.99. The molecule has 0 spiro atoms. The van der Waals surface area contributed by atoms with Gasteiger partial charge in [-0.3, -0.25) is 9.59 Å². The van der Waals surface area contributed by atoms with E-state index in [1.54, 1.807) is 6.07 Å². The molecule has 138 valence electrons. The molecule has 7 heteroatoms. The summed E-state index contributed by atoms with van der Waals surface area (Å²) < 4.78 is 0. The van der Waals surface area contributed by atoms with Crippen LogP contribution in [0, 0.1) is 0 Å². The van der Waals surface area contributed by atoms with E-state index >= 15 is 0 Å². The van der Waals surface area contributed by atoms with Crippen molar-refractivity contribution in [1.29, 1.82) is 0 Å². The minimum Gasteiger partial charge on any atom is -0.427 e. The first-order valence-corrected chi connectivity index (χ1v) is 10.2. The highest BCUT2D eigenvalue weighted by atomic mass is 32.1. The molecular weight excluding hydrogens is 355 g/mol. The first-order chi connectivity index (χ1) is 12.1. The molecule has 0 aliphatic heterocycles. The van der Waals surface area contributed by atoms with Crippen LogP contribution in [0.5, 0.6) is 0 Å². The van der Waals surface area contributed by atoms with Gasteiger partial charge in [0.15, 0.2) is 12.6 Å². The molecule has 2 aromatic heterocycles. The van der Waals surface area contributed by atoms with E-state index in [1.807, 2.05) is 24.4 Å². The Morgan fingerprint density at radius 1 is 1.04 bits per heavy atom. The second-order valence-corrected chi connectivity index (χ2v) is 7.26. The van der Waals surface area contributed by atoms with Gasteiger partial charge in [-0.25, -0.2) is 0 Å². The molecule has 0 aliphatic rings. The second kappa shape index (κ2) is 16.2. The summed E-state index contributed by atoms with van der Waals surface area (Å²) in [6.07, 6.45) is 7.75. The standard InChI is InChI=1S/C9H12OS.C5H4OS.C4H11BO2/c1-2-3-4-8-5-9(6-10)11-7-8;6-4-5-2-1-3-7-5;1-2-3-4-5(6)7/h5-7H,2-4H2,1H3;1-4H;6-7H,2-4H2,1H3. The van der Waals surface area contributed by atoms with Gasteiger partial charge in [-0.1, -0.05) is 39.2 Å². The molecule has 2 rings (SSSR count). The van der Waals surface area contributed by atoms with Crippen LogP contribution in [0.4, 0.5) is 0 Å². The van der Waals surface area contributed by atoms with Gasteiger partial charge in [0.25, 0.3) is 0 Å². The maximum atomic E-state index is 10.3. The van der Waals surface area contributed by atoms with Crippen molar-refractivity contribution in [2.45, 2.75) is 52.3 Å². The Hall–Kier alpha value is -1.28.